The first-order chi connectivity index (χ1) is 13.9. The molecule has 0 aromatic heterocycles. The predicted octanol–water partition coefficient (Wildman–Crippen LogP) is 3.72. The Morgan fingerprint density at radius 3 is 2.69 bits per heavy atom. The number of hydrogen-bond acceptors (Lipinski definition) is 6. The molecule has 8 nitrogen and oxygen atoms in total. The van der Waals surface area contributed by atoms with Gasteiger partial charge in [-0.1, -0.05) is 19.9 Å². The maximum absolute atomic E-state index is 12.8. The molecular formula is C21H25N3O5. The molecule has 1 heterocycles. The maximum atomic E-state index is 12.8. The minimum absolute atomic E-state index is 0.0198. The number of hydrogen-bond donors (Lipinski definition) is 1. The van der Waals surface area contributed by atoms with Gasteiger partial charge in [0.2, 0.25) is 0 Å². The lowest BCUT2D eigenvalue weighted by Crippen LogP contribution is -2.36. The number of benzene rings is 2. The van der Waals surface area contributed by atoms with Gasteiger partial charge in [-0.15, -0.1) is 0 Å². The van der Waals surface area contributed by atoms with Crippen molar-refractivity contribution in [3.63, 3.8) is 0 Å². The van der Waals surface area contributed by atoms with Crippen molar-refractivity contribution >= 4 is 23.0 Å². The number of anilines is 2. The third-order valence-electron chi connectivity index (χ3n) is 4.47. The second kappa shape index (κ2) is 9.38. The monoisotopic (exact) mass is 399 g/mol. The third-order valence-corrected chi connectivity index (χ3v) is 4.47. The van der Waals surface area contributed by atoms with Gasteiger partial charge in [-0.2, -0.15) is 0 Å². The number of nitro benzene ring substituents is 1. The highest BCUT2D eigenvalue weighted by molar-refractivity contribution is 6.06. The van der Waals surface area contributed by atoms with Crippen LogP contribution in [0.3, 0.4) is 0 Å². The summed E-state index contributed by atoms with van der Waals surface area (Å²) < 4.78 is 11.1. The van der Waals surface area contributed by atoms with E-state index in [4.69, 9.17) is 9.47 Å². The Labute approximate surface area is 169 Å². The molecule has 29 heavy (non-hydrogen) atoms. The summed E-state index contributed by atoms with van der Waals surface area (Å²) in [7, 11) is 0. The van der Waals surface area contributed by atoms with Gasteiger partial charge in [0.15, 0.2) is 0 Å². The molecule has 2 aromatic rings. The highest BCUT2D eigenvalue weighted by atomic mass is 16.6. The van der Waals surface area contributed by atoms with Crippen molar-refractivity contribution in [3.8, 4) is 5.75 Å². The van der Waals surface area contributed by atoms with Crippen molar-refractivity contribution in [1.29, 1.82) is 0 Å². The van der Waals surface area contributed by atoms with Crippen molar-refractivity contribution in [2.75, 3.05) is 43.1 Å². The van der Waals surface area contributed by atoms with E-state index >= 15 is 0 Å². The SMILES string of the molecule is CC(C)COc1cccc(C(=O)Nc2ccc([N+](=O)[O-])cc2N2CCOCC2)c1. The molecule has 0 unspecified atom stereocenters. The molecule has 0 bridgehead atoms. The molecule has 1 N–H and O–H groups in total. The summed E-state index contributed by atoms with van der Waals surface area (Å²) in [5.74, 6) is 0.704. The normalized spacial score (nSPS) is 14.0. The molecule has 1 saturated heterocycles. The van der Waals surface area contributed by atoms with Crippen LogP contribution in [0.1, 0.15) is 24.2 Å². The summed E-state index contributed by atoms with van der Waals surface area (Å²) in [5.41, 5.74) is 1.57. The van der Waals surface area contributed by atoms with E-state index in [1.807, 2.05) is 11.0 Å². The molecule has 1 aliphatic heterocycles. The molecule has 8 heteroatoms. The largest absolute Gasteiger partial charge is 0.493 e. The van der Waals surface area contributed by atoms with Gasteiger partial charge in [-0.3, -0.25) is 14.9 Å². The first-order valence-electron chi connectivity index (χ1n) is 9.59. The fraction of sp³-hybridized carbons (Fsp3) is 0.381. The molecule has 0 aliphatic carbocycles. The zero-order chi connectivity index (χ0) is 20.8. The number of carbonyl (C=O) groups excluding carboxylic acids is 1. The van der Waals surface area contributed by atoms with Gasteiger partial charge in [-0.05, 0) is 30.2 Å². The van der Waals surface area contributed by atoms with Gasteiger partial charge in [0, 0.05) is 30.8 Å². The van der Waals surface area contributed by atoms with Crippen LogP contribution >= 0.6 is 0 Å². The van der Waals surface area contributed by atoms with E-state index in [-0.39, 0.29) is 11.6 Å². The average molecular weight is 399 g/mol. The number of morpholine rings is 1. The summed E-state index contributed by atoms with van der Waals surface area (Å²) in [6.07, 6.45) is 0. The Balaban J connectivity index is 1.82. The first-order valence-corrected chi connectivity index (χ1v) is 9.59. The number of ether oxygens (including phenoxy) is 2. The molecule has 1 amide bonds. The standard InChI is InChI=1S/C21H25N3O5/c1-15(2)14-29-18-5-3-4-16(12-18)21(25)22-19-7-6-17(24(26)27)13-20(19)23-8-10-28-11-9-23/h3-7,12-13,15H,8-11,14H2,1-2H3,(H,22,25). The van der Waals surface area contributed by atoms with E-state index in [1.54, 1.807) is 24.3 Å². The van der Waals surface area contributed by atoms with Crippen LogP contribution in [0.15, 0.2) is 42.5 Å². The first kappa shape index (κ1) is 20.6. The highest BCUT2D eigenvalue weighted by Crippen LogP contribution is 2.31. The van der Waals surface area contributed by atoms with Crippen LogP contribution in [0.25, 0.3) is 0 Å². The van der Waals surface area contributed by atoms with Crippen molar-refractivity contribution in [3.05, 3.63) is 58.1 Å². The fourth-order valence-corrected chi connectivity index (χ4v) is 2.99. The number of carbonyl (C=O) groups is 1. The quantitative estimate of drug-likeness (QED) is 0.563. The predicted molar refractivity (Wildman–Crippen MR) is 111 cm³/mol. The zero-order valence-corrected chi connectivity index (χ0v) is 16.6. The van der Waals surface area contributed by atoms with E-state index in [0.29, 0.717) is 61.5 Å². The second-order valence-electron chi connectivity index (χ2n) is 7.24. The summed E-state index contributed by atoms with van der Waals surface area (Å²) in [5, 5.41) is 14.1. The van der Waals surface area contributed by atoms with E-state index in [1.165, 1.54) is 12.1 Å². The summed E-state index contributed by atoms with van der Waals surface area (Å²) in [6.45, 7) is 6.94. The van der Waals surface area contributed by atoms with Gasteiger partial charge in [-0.25, -0.2) is 0 Å². The Bertz CT molecular complexity index is 878. The average Bonchev–Trinajstić information content (AvgIpc) is 2.73. The van der Waals surface area contributed by atoms with E-state index < -0.39 is 4.92 Å². The Hall–Kier alpha value is -3.13. The third kappa shape index (κ3) is 5.45. The number of nitro groups is 1. The van der Waals surface area contributed by atoms with Crippen LogP contribution in [0.2, 0.25) is 0 Å². The Morgan fingerprint density at radius 2 is 2.00 bits per heavy atom. The van der Waals surface area contributed by atoms with Crippen molar-refractivity contribution < 1.29 is 19.2 Å². The molecule has 0 atom stereocenters. The van der Waals surface area contributed by atoms with Crippen molar-refractivity contribution in [1.82, 2.24) is 0 Å². The lowest BCUT2D eigenvalue weighted by Gasteiger charge is -2.30. The summed E-state index contributed by atoms with van der Waals surface area (Å²) in [6, 6.07) is 11.4. The van der Waals surface area contributed by atoms with E-state index in [2.05, 4.69) is 19.2 Å². The zero-order valence-electron chi connectivity index (χ0n) is 16.6. The molecule has 3 rings (SSSR count). The highest BCUT2D eigenvalue weighted by Gasteiger charge is 2.20. The van der Waals surface area contributed by atoms with Gasteiger partial charge >= 0.3 is 0 Å². The Kier molecular flexibility index (Phi) is 6.66. The molecule has 1 aliphatic rings. The van der Waals surface area contributed by atoms with Gasteiger partial charge in [0.05, 0.1) is 36.1 Å². The van der Waals surface area contributed by atoms with Gasteiger partial charge in [0.1, 0.15) is 5.75 Å². The van der Waals surface area contributed by atoms with Crippen LogP contribution < -0.4 is 15.0 Å². The van der Waals surface area contributed by atoms with Gasteiger partial charge in [0.25, 0.3) is 11.6 Å². The minimum atomic E-state index is -0.439. The molecule has 2 aromatic carbocycles. The van der Waals surface area contributed by atoms with Crippen LogP contribution in [0, 0.1) is 16.0 Å². The number of rotatable bonds is 7. The smallest absolute Gasteiger partial charge is 0.271 e. The number of amides is 1. The molecule has 1 fully saturated rings. The summed E-state index contributed by atoms with van der Waals surface area (Å²) in [4.78, 5) is 25.6. The van der Waals surface area contributed by atoms with E-state index in [0.717, 1.165) is 0 Å². The van der Waals surface area contributed by atoms with Crippen molar-refractivity contribution in [2.45, 2.75) is 13.8 Å². The van der Waals surface area contributed by atoms with E-state index in [9.17, 15) is 14.9 Å². The molecule has 0 saturated carbocycles. The van der Waals surface area contributed by atoms with Crippen LogP contribution in [-0.4, -0.2) is 43.7 Å². The Morgan fingerprint density at radius 1 is 1.24 bits per heavy atom. The van der Waals surface area contributed by atoms with Gasteiger partial charge < -0.3 is 19.7 Å². The minimum Gasteiger partial charge on any atom is -0.493 e. The summed E-state index contributed by atoms with van der Waals surface area (Å²) >= 11 is 0. The van der Waals surface area contributed by atoms with Crippen LogP contribution in [0.4, 0.5) is 17.1 Å². The topological polar surface area (TPSA) is 93.9 Å². The second-order valence-corrected chi connectivity index (χ2v) is 7.24. The maximum Gasteiger partial charge on any atom is 0.271 e. The number of non-ortho nitro benzene ring substituents is 1. The molecule has 154 valence electrons. The number of nitrogens with zero attached hydrogens (tertiary/aromatic N) is 2. The molecule has 0 spiro atoms. The van der Waals surface area contributed by atoms with Crippen molar-refractivity contribution in [2.24, 2.45) is 5.92 Å². The molecule has 0 radical (unpaired) electrons. The lowest BCUT2D eigenvalue weighted by molar-refractivity contribution is -0.384. The fourth-order valence-electron chi connectivity index (χ4n) is 2.99. The van der Waals surface area contributed by atoms with Crippen LogP contribution in [0.5, 0.6) is 5.75 Å². The molecular weight excluding hydrogens is 374 g/mol. The van der Waals surface area contributed by atoms with Crippen LogP contribution in [-0.2, 0) is 4.74 Å². The number of nitrogens with one attached hydrogen (secondary N) is 1. The lowest BCUT2D eigenvalue weighted by atomic mass is 10.1.